The summed E-state index contributed by atoms with van der Waals surface area (Å²) >= 11 is 0. The summed E-state index contributed by atoms with van der Waals surface area (Å²) < 4.78 is 50.5. The van der Waals surface area contributed by atoms with Crippen LogP contribution in [0.5, 0.6) is 0 Å². The van der Waals surface area contributed by atoms with Gasteiger partial charge in [0.05, 0.1) is 6.42 Å². The lowest BCUT2D eigenvalue weighted by atomic mass is 10.1. The predicted octanol–water partition coefficient (Wildman–Crippen LogP) is 1.91. The van der Waals surface area contributed by atoms with E-state index in [2.05, 4.69) is 4.98 Å². The molecule has 3 nitrogen and oxygen atoms in total. The Morgan fingerprint density at radius 2 is 2.19 bits per heavy atom. The molecule has 0 amide bonds. The predicted molar refractivity (Wildman–Crippen MR) is 47.6 cm³/mol. The summed E-state index contributed by atoms with van der Waals surface area (Å²) in [5.41, 5.74) is 0. The van der Waals surface area contributed by atoms with Gasteiger partial charge in [-0.2, -0.15) is 8.78 Å². The fourth-order valence-corrected chi connectivity index (χ4v) is 1.18. The topological polar surface area (TPSA) is 34.9 Å². The van der Waals surface area contributed by atoms with Crippen molar-refractivity contribution in [3.05, 3.63) is 18.2 Å². The van der Waals surface area contributed by atoms with E-state index in [1.165, 1.54) is 17.0 Å². The third-order valence-corrected chi connectivity index (χ3v) is 2.11. The van der Waals surface area contributed by atoms with Crippen LogP contribution in [0.15, 0.2) is 12.4 Å². The number of nitrogens with zero attached hydrogens (tertiary/aromatic N) is 2. The smallest absolute Gasteiger partial charge is 0.335 e. The second-order valence-corrected chi connectivity index (χ2v) is 3.15. The second-order valence-electron chi connectivity index (χ2n) is 3.15. The fraction of sp³-hybridized carbons (Fsp3) is 0.556. The maximum absolute atomic E-state index is 12.6. The summed E-state index contributed by atoms with van der Waals surface area (Å²) in [5.74, 6) is -6.36. The van der Waals surface area contributed by atoms with E-state index in [-0.39, 0.29) is 5.82 Å². The maximum atomic E-state index is 12.6. The molecule has 1 aromatic rings. The lowest BCUT2D eigenvalue weighted by molar-refractivity contribution is -0.166. The van der Waals surface area contributed by atoms with E-state index in [4.69, 9.17) is 0 Å². The molecular weight excluding hydrogens is 228 g/mol. The third-order valence-electron chi connectivity index (χ3n) is 2.11. The summed E-state index contributed by atoms with van der Waals surface area (Å²) in [7, 11) is 0. The van der Waals surface area contributed by atoms with E-state index in [9.17, 15) is 22.4 Å². The van der Waals surface area contributed by atoms with Crippen molar-refractivity contribution < 1.29 is 22.4 Å². The minimum Gasteiger partial charge on any atom is -0.335 e. The molecule has 90 valence electrons. The summed E-state index contributed by atoms with van der Waals surface area (Å²) in [4.78, 5) is 14.6. The number of rotatable bonds is 5. The summed E-state index contributed by atoms with van der Waals surface area (Å²) in [6.45, 7) is 2.16. The van der Waals surface area contributed by atoms with Gasteiger partial charge >= 0.3 is 12.3 Å². The highest BCUT2D eigenvalue weighted by molar-refractivity contribution is 5.87. The number of aryl methyl sites for hydroxylation is 1. The molecule has 0 bridgehead atoms. The van der Waals surface area contributed by atoms with E-state index < -0.39 is 24.6 Å². The normalized spacial score (nSPS) is 12.1. The Bertz CT molecular complexity index is 375. The fourth-order valence-electron chi connectivity index (χ4n) is 1.18. The number of Topliss-reactive ketones (excluding diaryl/α,β-unsaturated/α-hetero) is 1. The van der Waals surface area contributed by atoms with Gasteiger partial charge in [-0.1, -0.05) is 0 Å². The van der Waals surface area contributed by atoms with Crippen molar-refractivity contribution >= 4 is 5.78 Å². The van der Waals surface area contributed by atoms with Crippen LogP contribution in [0.2, 0.25) is 0 Å². The molecule has 0 atom stereocenters. The SMILES string of the molecule is CCn1ccnc1CC(=O)C(F)(F)C(F)F. The zero-order valence-corrected chi connectivity index (χ0v) is 8.46. The van der Waals surface area contributed by atoms with Crippen molar-refractivity contribution in [3.8, 4) is 0 Å². The van der Waals surface area contributed by atoms with Crippen LogP contribution >= 0.6 is 0 Å². The number of carbonyl (C=O) groups excluding carboxylic acids is 1. The lowest BCUT2D eigenvalue weighted by Gasteiger charge is -2.13. The molecule has 0 saturated carbocycles. The number of halogens is 4. The van der Waals surface area contributed by atoms with Gasteiger partial charge in [-0.15, -0.1) is 0 Å². The molecule has 0 aliphatic heterocycles. The van der Waals surface area contributed by atoms with Crippen LogP contribution in [0.25, 0.3) is 0 Å². The van der Waals surface area contributed by atoms with E-state index in [0.717, 1.165) is 0 Å². The quantitative estimate of drug-likeness (QED) is 0.734. The third kappa shape index (κ3) is 2.40. The van der Waals surface area contributed by atoms with Gasteiger partial charge < -0.3 is 4.57 Å². The van der Waals surface area contributed by atoms with E-state index in [1.807, 2.05) is 0 Å². The number of ketones is 1. The van der Waals surface area contributed by atoms with Gasteiger partial charge in [-0.05, 0) is 6.92 Å². The molecule has 0 radical (unpaired) electrons. The molecule has 0 fully saturated rings. The molecule has 7 heteroatoms. The second kappa shape index (κ2) is 4.63. The lowest BCUT2D eigenvalue weighted by Crippen LogP contribution is -2.38. The number of alkyl halides is 4. The first-order valence-corrected chi connectivity index (χ1v) is 4.58. The molecule has 1 rings (SSSR count). The molecule has 1 aromatic heterocycles. The zero-order valence-electron chi connectivity index (χ0n) is 8.46. The van der Waals surface area contributed by atoms with Crippen LogP contribution in [-0.4, -0.2) is 27.7 Å². The number of carbonyl (C=O) groups is 1. The largest absolute Gasteiger partial charge is 0.364 e. The molecule has 0 unspecified atom stereocenters. The van der Waals surface area contributed by atoms with Crippen LogP contribution < -0.4 is 0 Å². The first-order chi connectivity index (χ1) is 7.39. The summed E-state index contributed by atoms with van der Waals surface area (Å²) in [6.07, 6.45) is -1.96. The Hall–Kier alpha value is -1.40. The van der Waals surface area contributed by atoms with Crippen LogP contribution in [0.1, 0.15) is 12.7 Å². The highest BCUT2D eigenvalue weighted by Gasteiger charge is 2.48. The molecule has 0 aromatic carbocycles. The monoisotopic (exact) mass is 238 g/mol. The first kappa shape index (κ1) is 12.7. The van der Waals surface area contributed by atoms with Crippen molar-refractivity contribution in [2.45, 2.75) is 32.2 Å². The average molecular weight is 238 g/mol. The highest BCUT2D eigenvalue weighted by Crippen LogP contribution is 2.25. The maximum Gasteiger partial charge on any atom is 0.364 e. The molecule has 0 spiro atoms. The minimum absolute atomic E-state index is 0.0628. The molecule has 0 saturated heterocycles. The number of aromatic nitrogens is 2. The number of hydrogen-bond acceptors (Lipinski definition) is 2. The summed E-state index contributed by atoms with van der Waals surface area (Å²) in [6, 6.07) is 0. The Kier molecular flexibility index (Phi) is 3.66. The Morgan fingerprint density at radius 3 is 2.69 bits per heavy atom. The van der Waals surface area contributed by atoms with E-state index in [1.54, 1.807) is 6.92 Å². The van der Waals surface area contributed by atoms with Crippen LogP contribution in [0.3, 0.4) is 0 Å². The Balaban J connectivity index is 2.79. The van der Waals surface area contributed by atoms with Gasteiger partial charge in [0.2, 0.25) is 5.78 Å². The molecular formula is C9H10F4N2O. The van der Waals surface area contributed by atoms with Crippen molar-refractivity contribution in [2.75, 3.05) is 0 Å². The standard InChI is InChI=1S/C9H10F4N2O/c1-2-15-4-3-14-7(15)5-6(16)9(12,13)8(10)11/h3-4,8H,2,5H2,1H3. The highest BCUT2D eigenvalue weighted by atomic mass is 19.3. The van der Waals surface area contributed by atoms with Gasteiger partial charge in [0, 0.05) is 18.9 Å². The van der Waals surface area contributed by atoms with Gasteiger partial charge in [-0.25, -0.2) is 13.8 Å². The van der Waals surface area contributed by atoms with Gasteiger partial charge in [0.1, 0.15) is 5.82 Å². The van der Waals surface area contributed by atoms with E-state index >= 15 is 0 Å². The van der Waals surface area contributed by atoms with Gasteiger partial charge in [0.25, 0.3) is 0 Å². The Morgan fingerprint density at radius 1 is 1.56 bits per heavy atom. The van der Waals surface area contributed by atoms with Crippen molar-refractivity contribution in [1.29, 1.82) is 0 Å². The van der Waals surface area contributed by atoms with Crippen molar-refractivity contribution in [2.24, 2.45) is 0 Å². The van der Waals surface area contributed by atoms with Gasteiger partial charge in [0.15, 0.2) is 0 Å². The first-order valence-electron chi connectivity index (χ1n) is 4.58. The van der Waals surface area contributed by atoms with E-state index in [0.29, 0.717) is 6.54 Å². The average Bonchev–Trinajstić information content (AvgIpc) is 2.64. The van der Waals surface area contributed by atoms with Crippen LogP contribution in [0.4, 0.5) is 17.6 Å². The summed E-state index contributed by atoms with van der Waals surface area (Å²) in [5, 5.41) is 0. The molecule has 0 aliphatic rings. The van der Waals surface area contributed by atoms with Crippen LogP contribution in [-0.2, 0) is 17.8 Å². The number of imidazole rings is 1. The Labute approximate surface area is 89.1 Å². The van der Waals surface area contributed by atoms with Crippen molar-refractivity contribution in [1.82, 2.24) is 9.55 Å². The van der Waals surface area contributed by atoms with Gasteiger partial charge in [-0.3, -0.25) is 4.79 Å². The van der Waals surface area contributed by atoms with Crippen molar-refractivity contribution in [3.63, 3.8) is 0 Å². The van der Waals surface area contributed by atoms with Crippen LogP contribution in [0, 0.1) is 0 Å². The zero-order chi connectivity index (χ0) is 12.3. The molecule has 16 heavy (non-hydrogen) atoms. The minimum atomic E-state index is -4.61. The number of hydrogen-bond donors (Lipinski definition) is 0. The molecule has 0 N–H and O–H groups in total. The molecule has 0 aliphatic carbocycles. The molecule has 1 heterocycles.